The quantitative estimate of drug-likeness (QED) is 0.437. The van der Waals surface area contributed by atoms with E-state index < -0.39 is 0 Å². The van der Waals surface area contributed by atoms with Crippen LogP contribution in [-0.2, 0) is 15.9 Å². The Balaban J connectivity index is 1.40. The lowest BCUT2D eigenvalue weighted by Gasteiger charge is -2.25. The fraction of sp³-hybridized carbons (Fsp3) is 0.464. The van der Waals surface area contributed by atoms with Gasteiger partial charge >= 0.3 is 0 Å². The van der Waals surface area contributed by atoms with Gasteiger partial charge in [-0.2, -0.15) is 0 Å². The van der Waals surface area contributed by atoms with Gasteiger partial charge in [0, 0.05) is 52.5 Å². The van der Waals surface area contributed by atoms with Gasteiger partial charge in [0.2, 0.25) is 0 Å². The average Bonchev–Trinajstić information content (AvgIpc) is 3.44. The van der Waals surface area contributed by atoms with Gasteiger partial charge in [0.1, 0.15) is 0 Å². The number of carbonyl (C=O) groups is 1. The zero-order valence-corrected chi connectivity index (χ0v) is 20.6. The minimum Gasteiger partial charge on any atom is -0.381 e. The number of hydrogen-bond donors (Lipinski definition) is 0. The zero-order chi connectivity index (χ0) is 23.4. The Kier molecular flexibility index (Phi) is 5.77. The lowest BCUT2D eigenvalue weighted by Crippen LogP contribution is -2.37. The van der Waals surface area contributed by atoms with E-state index >= 15 is 0 Å². The molecule has 0 N–H and O–H groups in total. The van der Waals surface area contributed by atoms with Crippen molar-refractivity contribution in [2.75, 3.05) is 26.9 Å². The predicted molar refractivity (Wildman–Crippen MR) is 134 cm³/mol. The lowest BCUT2D eigenvalue weighted by molar-refractivity contribution is -0.0312. The molecule has 0 unspecified atom stereocenters. The van der Waals surface area contributed by atoms with E-state index in [-0.39, 0.29) is 11.9 Å². The number of ether oxygens (including phenoxy) is 2. The van der Waals surface area contributed by atoms with E-state index in [4.69, 9.17) is 21.1 Å². The normalized spacial score (nSPS) is 24.7. The molecule has 1 aromatic heterocycles. The first-order chi connectivity index (χ1) is 16.5. The molecular weight excluding hydrogens is 448 g/mol. The van der Waals surface area contributed by atoms with E-state index in [1.165, 1.54) is 5.56 Å². The number of Topliss-reactive ketones (excluding diaryl/α,β-unsaturated/α-hetero) is 1. The van der Waals surface area contributed by atoms with E-state index in [9.17, 15) is 4.79 Å². The topological polar surface area (TPSA) is 43.7 Å². The van der Waals surface area contributed by atoms with Crippen LogP contribution in [-0.4, -0.2) is 60.3 Å². The Morgan fingerprint density at radius 1 is 1.15 bits per heavy atom. The first-order valence-corrected chi connectivity index (χ1v) is 12.7. The number of halogens is 1. The number of methoxy groups -OCH3 is 1. The Labute approximate surface area is 205 Å². The highest BCUT2D eigenvalue weighted by molar-refractivity contribution is 6.30. The molecule has 3 atom stereocenters. The molecule has 0 radical (unpaired) electrons. The second kappa shape index (κ2) is 8.80. The largest absolute Gasteiger partial charge is 0.381 e. The van der Waals surface area contributed by atoms with Crippen LogP contribution in [0, 0.1) is 12.8 Å². The number of nitrogens with zero attached hydrogens (tertiary/aromatic N) is 2. The van der Waals surface area contributed by atoms with Crippen molar-refractivity contribution in [3.8, 4) is 5.69 Å². The van der Waals surface area contributed by atoms with Crippen LogP contribution >= 0.6 is 11.6 Å². The summed E-state index contributed by atoms with van der Waals surface area (Å²) in [4.78, 5) is 16.2. The number of fused-ring (bicyclic) bond motifs is 3. The van der Waals surface area contributed by atoms with Crippen LogP contribution in [0.2, 0.25) is 5.02 Å². The van der Waals surface area contributed by atoms with Crippen molar-refractivity contribution in [3.05, 3.63) is 64.3 Å². The van der Waals surface area contributed by atoms with Crippen LogP contribution in [0.25, 0.3) is 16.6 Å². The van der Waals surface area contributed by atoms with Gasteiger partial charge in [-0.25, -0.2) is 0 Å². The van der Waals surface area contributed by atoms with Crippen LogP contribution in [0.3, 0.4) is 0 Å². The molecule has 0 aliphatic carbocycles. The molecule has 0 amide bonds. The lowest BCUT2D eigenvalue weighted by atomic mass is 9.96. The molecule has 0 saturated carbocycles. The van der Waals surface area contributed by atoms with Crippen LogP contribution < -0.4 is 0 Å². The van der Waals surface area contributed by atoms with E-state index in [2.05, 4.69) is 34.6 Å². The van der Waals surface area contributed by atoms with Gasteiger partial charge in [-0.15, -0.1) is 0 Å². The molecule has 3 saturated heterocycles. The average molecular weight is 479 g/mol. The summed E-state index contributed by atoms with van der Waals surface area (Å²) < 4.78 is 13.3. The molecule has 3 aliphatic rings. The minimum atomic E-state index is 0.198. The van der Waals surface area contributed by atoms with Crippen molar-refractivity contribution < 1.29 is 14.3 Å². The van der Waals surface area contributed by atoms with Crippen molar-refractivity contribution >= 4 is 28.3 Å². The number of ketones is 1. The van der Waals surface area contributed by atoms with Gasteiger partial charge in [0.25, 0.3) is 0 Å². The number of rotatable bonds is 7. The van der Waals surface area contributed by atoms with E-state index in [1.807, 2.05) is 24.3 Å². The molecular formula is C28H31ClN2O3. The summed E-state index contributed by atoms with van der Waals surface area (Å²) in [6, 6.07) is 15.3. The highest BCUT2D eigenvalue weighted by atomic mass is 35.5. The van der Waals surface area contributed by atoms with Crippen LogP contribution in [0.5, 0.6) is 0 Å². The van der Waals surface area contributed by atoms with Gasteiger partial charge in [0.15, 0.2) is 5.78 Å². The van der Waals surface area contributed by atoms with Crippen molar-refractivity contribution in [1.82, 2.24) is 9.47 Å². The highest BCUT2D eigenvalue weighted by Gasteiger charge is 2.47. The maximum Gasteiger partial charge on any atom is 0.179 e. The summed E-state index contributed by atoms with van der Waals surface area (Å²) in [5.41, 5.74) is 5.22. The summed E-state index contributed by atoms with van der Waals surface area (Å²) >= 11 is 6.18. The molecule has 2 bridgehead atoms. The summed E-state index contributed by atoms with van der Waals surface area (Å²) in [5, 5.41) is 1.73. The second-order valence-corrected chi connectivity index (χ2v) is 10.6. The van der Waals surface area contributed by atoms with Crippen molar-refractivity contribution in [2.45, 2.75) is 50.8 Å². The fourth-order valence-electron chi connectivity index (χ4n) is 6.39. The molecule has 34 heavy (non-hydrogen) atoms. The van der Waals surface area contributed by atoms with Crippen LogP contribution in [0.4, 0.5) is 0 Å². The predicted octanol–water partition coefficient (Wildman–Crippen LogP) is 5.22. The molecule has 5 nitrogen and oxygen atoms in total. The Hall–Kier alpha value is -2.18. The summed E-state index contributed by atoms with van der Waals surface area (Å²) in [5.74, 6) is 0.780. The Bertz CT molecular complexity index is 1230. The maximum absolute atomic E-state index is 13.8. The van der Waals surface area contributed by atoms with Crippen LogP contribution in [0.1, 0.15) is 40.9 Å². The summed E-state index contributed by atoms with van der Waals surface area (Å²) in [6.45, 7) is 4.19. The summed E-state index contributed by atoms with van der Waals surface area (Å²) in [6.07, 6.45) is 4.57. The molecule has 2 aromatic carbocycles. The van der Waals surface area contributed by atoms with E-state index in [0.29, 0.717) is 29.6 Å². The van der Waals surface area contributed by atoms with Gasteiger partial charge in [-0.05, 0) is 68.5 Å². The molecule has 3 aliphatic heterocycles. The molecule has 3 fully saturated rings. The molecule has 4 heterocycles. The third kappa shape index (κ3) is 3.70. The van der Waals surface area contributed by atoms with Gasteiger partial charge in [-0.3, -0.25) is 9.69 Å². The maximum atomic E-state index is 13.8. The van der Waals surface area contributed by atoms with Gasteiger partial charge in [0.05, 0.1) is 31.4 Å². The number of aromatic nitrogens is 1. The standard InChI is InChI=1S/C28H31ClN2O3/c1-17-28(26(32)14-30-22-8-10-24(30)27(13-22)33-2)23-9-3-18(11-19-15-34-16-19)12-25(23)31(17)21-6-4-20(29)5-7-21/h3-7,9,12,19,22,24,27H,8,10-11,13-16H2,1-2H3/t22-,24+,27-/m0/s1. The van der Waals surface area contributed by atoms with Crippen molar-refractivity contribution in [1.29, 1.82) is 0 Å². The molecule has 178 valence electrons. The van der Waals surface area contributed by atoms with E-state index in [1.54, 1.807) is 7.11 Å². The monoisotopic (exact) mass is 478 g/mol. The minimum absolute atomic E-state index is 0.198. The summed E-state index contributed by atoms with van der Waals surface area (Å²) in [7, 11) is 1.79. The van der Waals surface area contributed by atoms with Crippen LogP contribution in [0.15, 0.2) is 42.5 Å². The number of carbonyl (C=O) groups excluding carboxylic acids is 1. The third-order valence-corrected chi connectivity index (χ3v) is 8.37. The SMILES string of the molecule is CO[C@H]1C[C@@H]2CC[C@H]1N2CC(=O)c1c(C)n(-c2ccc(Cl)cc2)c2cc(CC3COC3)ccc12. The first kappa shape index (κ1) is 22.3. The molecule has 6 heteroatoms. The van der Waals surface area contributed by atoms with Gasteiger partial charge in [-0.1, -0.05) is 23.7 Å². The van der Waals surface area contributed by atoms with E-state index in [0.717, 1.165) is 66.7 Å². The fourth-order valence-corrected chi connectivity index (χ4v) is 6.51. The third-order valence-electron chi connectivity index (χ3n) is 8.12. The highest BCUT2D eigenvalue weighted by Crippen LogP contribution is 2.40. The molecule has 3 aromatic rings. The van der Waals surface area contributed by atoms with Crippen molar-refractivity contribution in [3.63, 3.8) is 0 Å². The van der Waals surface area contributed by atoms with Crippen molar-refractivity contribution in [2.24, 2.45) is 5.92 Å². The Morgan fingerprint density at radius 2 is 1.94 bits per heavy atom. The second-order valence-electron chi connectivity index (χ2n) is 10.1. The van der Waals surface area contributed by atoms with Gasteiger partial charge < -0.3 is 14.0 Å². The Morgan fingerprint density at radius 3 is 2.62 bits per heavy atom. The molecule has 6 rings (SSSR count). The first-order valence-electron chi connectivity index (χ1n) is 12.3. The number of benzene rings is 2. The smallest absolute Gasteiger partial charge is 0.179 e. The number of hydrogen-bond acceptors (Lipinski definition) is 4. The molecule has 0 spiro atoms. The zero-order valence-electron chi connectivity index (χ0n) is 19.8.